The monoisotopic (exact) mass is 273 g/mol. The molecule has 1 aromatic heterocycles. The first-order valence-corrected chi connectivity index (χ1v) is 5.99. The van der Waals surface area contributed by atoms with Gasteiger partial charge in [0.25, 0.3) is 5.91 Å². The van der Waals surface area contributed by atoms with Crippen LogP contribution in [0.25, 0.3) is 0 Å². The van der Waals surface area contributed by atoms with Crippen molar-refractivity contribution in [1.29, 1.82) is 0 Å². The number of carbonyl (C=O) groups excluding carboxylic acids is 2. The smallest absolute Gasteiger partial charge is 0.305 e. The summed E-state index contributed by atoms with van der Waals surface area (Å²) in [4.78, 5) is 25.3. The maximum atomic E-state index is 11.8. The Hall–Kier alpha value is -2.76. The van der Waals surface area contributed by atoms with E-state index in [0.29, 0.717) is 5.56 Å². The Balaban J connectivity index is 1.93. The standard InChI is InChI=1S/C14H15N3O3/c1-17(2)11-7-5-10(6-8-11)13(18)15-16-14(19)12-4-3-9-20-12/h3-9H,1-2H3,(H,15,18)(H,16,19). The fraction of sp³-hybridized carbons (Fsp3) is 0.143. The van der Waals surface area contributed by atoms with Gasteiger partial charge in [0.1, 0.15) is 0 Å². The molecule has 0 fully saturated rings. The molecule has 0 spiro atoms. The van der Waals surface area contributed by atoms with Gasteiger partial charge in [0.05, 0.1) is 6.26 Å². The van der Waals surface area contributed by atoms with Crippen LogP contribution in [0.1, 0.15) is 20.9 Å². The number of amides is 2. The van der Waals surface area contributed by atoms with Crippen molar-refractivity contribution in [3.05, 3.63) is 54.0 Å². The molecule has 0 radical (unpaired) electrons. The first-order valence-electron chi connectivity index (χ1n) is 5.99. The summed E-state index contributed by atoms with van der Waals surface area (Å²) < 4.78 is 4.91. The van der Waals surface area contributed by atoms with E-state index in [2.05, 4.69) is 10.9 Å². The molecule has 2 amide bonds. The van der Waals surface area contributed by atoms with Crippen LogP contribution in [0.5, 0.6) is 0 Å². The molecule has 0 unspecified atom stereocenters. The van der Waals surface area contributed by atoms with Crippen LogP contribution in [-0.2, 0) is 0 Å². The Morgan fingerprint density at radius 2 is 1.65 bits per heavy atom. The molecular formula is C14H15N3O3. The van der Waals surface area contributed by atoms with Crippen LogP contribution in [0.3, 0.4) is 0 Å². The second-order valence-corrected chi connectivity index (χ2v) is 4.33. The highest BCUT2D eigenvalue weighted by Crippen LogP contribution is 2.11. The van der Waals surface area contributed by atoms with Crippen molar-refractivity contribution in [2.24, 2.45) is 0 Å². The number of nitrogens with zero attached hydrogens (tertiary/aromatic N) is 1. The SMILES string of the molecule is CN(C)c1ccc(C(=O)NNC(=O)c2ccco2)cc1. The molecule has 2 N–H and O–H groups in total. The summed E-state index contributed by atoms with van der Waals surface area (Å²) >= 11 is 0. The summed E-state index contributed by atoms with van der Waals surface area (Å²) in [6.07, 6.45) is 1.39. The van der Waals surface area contributed by atoms with Gasteiger partial charge < -0.3 is 9.32 Å². The van der Waals surface area contributed by atoms with E-state index >= 15 is 0 Å². The van der Waals surface area contributed by atoms with Crippen molar-refractivity contribution in [2.45, 2.75) is 0 Å². The van der Waals surface area contributed by atoms with Gasteiger partial charge in [0.2, 0.25) is 0 Å². The van der Waals surface area contributed by atoms with Gasteiger partial charge in [0.15, 0.2) is 5.76 Å². The molecule has 0 aliphatic carbocycles. The summed E-state index contributed by atoms with van der Waals surface area (Å²) in [6, 6.07) is 10.1. The van der Waals surface area contributed by atoms with Crippen molar-refractivity contribution in [2.75, 3.05) is 19.0 Å². The highest BCUT2D eigenvalue weighted by molar-refractivity contribution is 5.98. The lowest BCUT2D eigenvalue weighted by Gasteiger charge is -2.12. The fourth-order valence-corrected chi connectivity index (χ4v) is 1.57. The molecule has 0 bridgehead atoms. The van der Waals surface area contributed by atoms with Crippen molar-refractivity contribution in [3.8, 4) is 0 Å². The van der Waals surface area contributed by atoms with Crippen molar-refractivity contribution in [1.82, 2.24) is 10.9 Å². The predicted molar refractivity (Wildman–Crippen MR) is 74.4 cm³/mol. The number of hydrazine groups is 1. The quantitative estimate of drug-likeness (QED) is 0.829. The number of hydrogen-bond donors (Lipinski definition) is 2. The van der Waals surface area contributed by atoms with E-state index in [-0.39, 0.29) is 5.76 Å². The molecule has 0 saturated heterocycles. The van der Waals surface area contributed by atoms with E-state index in [1.807, 2.05) is 31.1 Å². The third-order valence-electron chi connectivity index (χ3n) is 2.68. The lowest BCUT2D eigenvalue weighted by Crippen LogP contribution is -2.41. The number of nitrogens with one attached hydrogen (secondary N) is 2. The topological polar surface area (TPSA) is 74.6 Å². The molecule has 1 heterocycles. The Kier molecular flexibility index (Phi) is 4.05. The third kappa shape index (κ3) is 3.17. The van der Waals surface area contributed by atoms with Crippen molar-refractivity contribution in [3.63, 3.8) is 0 Å². The minimum Gasteiger partial charge on any atom is -0.459 e. The van der Waals surface area contributed by atoms with E-state index in [0.717, 1.165) is 5.69 Å². The molecular weight excluding hydrogens is 258 g/mol. The summed E-state index contributed by atoms with van der Waals surface area (Å²) in [5.41, 5.74) is 6.04. The number of carbonyl (C=O) groups is 2. The van der Waals surface area contributed by atoms with Crippen LogP contribution in [-0.4, -0.2) is 25.9 Å². The molecule has 6 heteroatoms. The third-order valence-corrected chi connectivity index (χ3v) is 2.68. The summed E-state index contributed by atoms with van der Waals surface area (Å²) in [5.74, 6) is -0.767. The van der Waals surface area contributed by atoms with Gasteiger partial charge in [-0.2, -0.15) is 0 Å². The van der Waals surface area contributed by atoms with E-state index in [9.17, 15) is 9.59 Å². The second kappa shape index (κ2) is 5.92. The Morgan fingerprint density at radius 3 is 2.20 bits per heavy atom. The predicted octanol–water partition coefficient (Wildman–Crippen LogP) is 1.42. The number of furan rings is 1. The van der Waals surface area contributed by atoms with Crippen LogP contribution in [0.15, 0.2) is 47.1 Å². The van der Waals surface area contributed by atoms with E-state index in [4.69, 9.17) is 4.42 Å². The lowest BCUT2D eigenvalue weighted by molar-refractivity contribution is 0.0831. The van der Waals surface area contributed by atoms with Crippen molar-refractivity contribution < 1.29 is 14.0 Å². The second-order valence-electron chi connectivity index (χ2n) is 4.33. The molecule has 0 aliphatic rings. The number of hydrogen-bond acceptors (Lipinski definition) is 4. The molecule has 104 valence electrons. The van der Waals surface area contributed by atoms with Gasteiger partial charge in [-0.15, -0.1) is 0 Å². The number of benzene rings is 1. The molecule has 2 aromatic rings. The van der Waals surface area contributed by atoms with Crippen LogP contribution < -0.4 is 15.8 Å². The first kappa shape index (κ1) is 13.7. The molecule has 0 aliphatic heterocycles. The zero-order chi connectivity index (χ0) is 14.5. The van der Waals surface area contributed by atoms with E-state index in [1.165, 1.54) is 12.3 Å². The number of rotatable bonds is 3. The van der Waals surface area contributed by atoms with Crippen LogP contribution in [0.2, 0.25) is 0 Å². The highest BCUT2D eigenvalue weighted by atomic mass is 16.3. The van der Waals surface area contributed by atoms with Gasteiger partial charge in [-0.1, -0.05) is 0 Å². The van der Waals surface area contributed by atoms with Crippen LogP contribution in [0.4, 0.5) is 5.69 Å². The summed E-state index contributed by atoms with van der Waals surface area (Å²) in [5, 5.41) is 0. The largest absolute Gasteiger partial charge is 0.459 e. The molecule has 2 rings (SSSR count). The maximum absolute atomic E-state index is 11.8. The molecule has 0 atom stereocenters. The molecule has 6 nitrogen and oxygen atoms in total. The van der Waals surface area contributed by atoms with Crippen molar-refractivity contribution >= 4 is 17.5 Å². The number of anilines is 1. The Bertz CT molecular complexity index is 589. The molecule has 1 aromatic carbocycles. The minimum absolute atomic E-state index is 0.133. The average Bonchev–Trinajstić information content (AvgIpc) is 2.98. The first-order chi connectivity index (χ1) is 9.58. The zero-order valence-electron chi connectivity index (χ0n) is 11.2. The maximum Gasteiger partial charge on any atom is 0.305 e. The summed E-state index contributed by atoms with van der Waals surface area (Å²) in [6.45, 7) is 0. The van der Waals surface area contributed by atoms with E-state index < -0.39 is 11.8 Å². The van der Waals surface area contributed by atoms with E-state index in [1.54, 1.807) is 18.2 Å². The van der Waals surface area contributed by atoms with Gasteiger partial charge in [-0.25, -0.2) is 0 Å². The molecule has 20 heavy (non-hydrogen) atoms. The Morgan fingerprint density at radius 1 is 1.00 bits per heavy atom. The minimum atomic E-state index is -0.506. The average molecular weight is 273 g/mol. The van der Waals surface area contributed by atoms with Gasteiger partial charge in [-0.05, 0) is 36.4 Å². The Labute approximate surface area is 116 Å². The lowest BCUT2D eigenvalue weighted by atomic mass is 10.2. The normalized spacial score (nSPS) is 9.90. The van der Waals surface area contributed by atoms with Gasteiger partial charge in [-0.3, -0.25) is 20.4 Å². The molecule has 0 saturated carbocycles. The fourth-order valence-electron chi connectivity index (χ4n) is 1.57. The van der Waals surface area contributed by atoms with Crippen LogP contribution in [0, 0.1) is 0 Å². The highest BCUT2D eigenvalue weighted by Gasteiger charge is 2.10. The van der Waals surface area contributed by atoms with Gasteiger partial charge >= 0.3 is 5.91 Å². The zero-order valence-corrected chi connectivity index (χ0v) is 11.2. The summed E-state index contributed by atoms with van der Waals surface area (Å²) in [7, 11) is 3.83. The van der Waals surface area contributed by atoms with Gasteiger partial charge in [0, 0.05) is 25.3 Å². The van der Waals surface area contributed by atoms with Crippen LogP contribution >= 0.6 is 0 Å².